The summed E-state index contributed by atoms with van der Waals surface area (Å²) >= 11 is 0. The van der Waals surface area contributed by atoms with Crippen LogP contribution in [0.2, 0.25) is 0 Å². The van der Waals surface area contributed by atoms with Crippen LogP contribution in [0.1, 0.15) is 34.1 Å². The number of carbonyl (C=O) groups excluding carboxylic acids is 1. The van der Waals surface area contributed by atoms with Crippen molar-refractivity contribution in [1.82, 2.24) is 9.47 Å². The number of ether oxygens (including phenoxy) is 1. The minimum absolute atomic E-state index is 0.0771. The van der Waals surface area contributed by atoms with Crippen LogP contribution >= 0.6 is 0 Å². The third-order valence-corrected chi connectivity index (χ3v) is 4.41. The molecule has 0 radical (unpaired) electrons. The maximum atomic E-state index is 14.0. The number of carbonyl (C=O) groups is 1. The molecule has 0 bridgehead atoms. The minimum Gasteiger partial charge on any atom is -0.383 e. The number of aryl methyl sites for hydroxylation is 2. The normalized spacial score (nSPS) is 10.8. The first kappa shape index (κ1) is 19.8. The third-order valence-electron chi connectivity index (χ3n) is 4.41. The van der Waals surface area contributed by atoms with Gasteiger partial charge in [-0.1, -0.05) is 18.2 Å². The first-order valence-corrected chi connectivity index (χ1v) is 8.63. The van der Waals surface area contributed by atoms with Gasteiger partial charge in [-0.3, -0.25) is 9.59 Å². The van der Waals surface area contributed by atoms with Gasteiger partial charge in [-0.15, -0.1) is 0 Å². The molecule has 26 heavy (non-hydrogen) atoms. The quantitative estimate of drug-likeness (QED) is 0.763. The summed E-state index contributed by atoms with van der Waals surface area (Å²) in [5, 5.41) is 0. The molecule has 1 amide bonds. The summed E-state index contributed by atoms with van der Waals surface area (Å²) in [6, 6.07) is 8.14. The number of benzene rings is 1. The van der Waals surface area contributed by atoms with Gasteiger partial charge < -0.3 is 14.2 Å². The number of aromatic nitrogens is 1. The highest BCUT2D eigenvalue weighted by Crippen LogP contribution is 2.14. The van der Waals surface area contributed by atoms with E-state index >= 15 is 0 Å². The number of amides is 1. The van der Waals surface area contributed by atoms with Crippen molar-refractivity contribution in [2.45, 2.75) is 33.9 Å². The summed E-state index contributed by atoms with van der Waals surface area (Å²) in [6.07, 6.45) is 0. The fourth-order valence-electron chi connectivity index (χ4n) is 3.02. The van der Waals surface area contributed by atoms with Crippen molar-refractivity contribution < 1.29 is 13.9 Å². The highest BCUT2D eigenvalue weighted by atomic mass is 19.1. The summed E-state index contributed by atoms with van der Waals surface area (Å²) in [7, 11) is 1.53. The Kier molecular flexibility index (Phi) is 6.69. The molecule has 1 aromatic heterocycles. The van der Waals surface area contributed by atoms with Gasteiger partial charge in [-0.25, -0.2) is 4.39 Å². The van der Waals surface area contributed by atoms with Gasteiger partial charge in [0, 0.05) is 38.0 Å². The standard InChI is InChI=1S/C20H25FN2O3/c1-5-23-15(3)12-14(2)18(20(23)25)19(24)22(10-11-26-4)13-16-8-6-7-9-17(16)21/h6-9,12H,5,10-11,13H2,1-4H3. The van der Waals surface area contributed by atoms with Crippen LogP contribution in [-0.4, -0.2) is 35.6 Å². The maximum Gasteiger partial charge on any atom is 0.263 e. The van der Waals surface area contributed by atoms with Gasteiger partial charge in [0.2, 0.25) is 0 Å². The van der Waals surface area contributed by atoms with Crippen LogP contribution < -0.4 is 5.56 Å². The Morgan fingerprint density at radius 2 is 1.96 bits per heavy atom. The van der Waals surface area contributed by atoms with E-state index in [1.165, 1.54) is 18.1 Å². The highest BCUT2D eigenvalue weighted by Gasteiger charge is 2.23. The lowest BCUT2D eigenvalue weighted by molar-refractivity contribution is 0.0675. The average molecular weight is 360 g/mol. The predicted molar refractivity (Wildman–Crippen MR) is 98.9 cm³/mol. The zero-order valence-corrected chi connectivity index (χ0v) is 15.7. The van der Waals surface area contributed by atoms with E-state index in [-0.39, 0.29) is 30.0 Å². The molecule has 0 saturated heterocycles. The molecule has 0 unspecified atom stereocenters. The van der Waals surface area contributed by atoms with E-state index in [2.05, 4.69) is 0 Å². The number of nitrogens with zero attached hydrogens (tertiary/aromatic N) is 2. The number of pyridine rings is 1. The minimum atomic E-state index is -0.407. The second-order valence-corrected chi connectivity index (χ2v) is 6.20. The number of hydrogen-bond donors (Lipinski definition) is 0. The van der Waals surface area contributed by atoms with Crippen molar-refractivity contribution >= 4 is 5.91 Å². The van der Waals surface area contributed by atoms with Crippen molar-refractivity contribution in [3.05, 3.63) is 68.9 Å². The summed E-state index contributed by atoms with van der Waals surface area (Å²) < 4.78 is 20.7. The van der Waals surface area contributed by atoms with E-state index in [4.69, 9.17) is 4.74 Å². The number of rotatable bonds is 7. The molecule has 6 heteroatoms. The summed E-state index contributed by atoms with van der Waals surface area (Å²) in [4.78, 5) is 27.4. The van der Waals surface area contributed by atoms with Gasteiger partial charge in [0.05, 0.1) is 6.61 Å². The van der Waals surface area contributed by atoms with E-state index in [1.807, 2.05) is 19.9 Å². The Hall–Kier alpha value is -2.47. The van der Waals surface area contributed by atoms with Crippen molar-refractivity contribution in [3.63, 3.8) is 0 Å². The fraction of sp³-hybridized carbons (Fsp3) is 0.400. The Bertz CT molecular complexity index is 845. The van der Waals surface area contributed by atoms with Crippen LogP contribution in [0.4, 0.5) is 4.39 Å². The van der Waals surface area contributed by atoms with Crippen LogP contribution in [0.3, 0.4) is 0 Å². The van der Waals surface area contributed by atoms with E-state index in [0.717, 1.165) is 5.69 Å². The molecule has 1 aromatic carbocycles. The Morgan fingerprint density at radius 1 is 1.27 bits per heavy atom. The molecule has 0 aliphatic carbocycles. The van der Waals surface area contributed by atoms with Crippen molar-refractivity contribution in [2.75, 3.05) is 20.3 Å². The van der Waals surface area contributed by atoms with E-state index < -0.39 is 5.91 Å². The summed E-state index contributed by atoms with van der Waals surface area (Å²) in [5.41, 5.74) is 1.65. The van der Waals surface area contributed by atoms with Crippen LogP contribution in [0.5, 0.6) is 0 Å². The Morgan fingerprint density at radius 3 is 2.58 bits per heavy atom. The summed E-state index contributed by atoms with van der Waals surface area (Å²) in [5.74, 6) is -0.788. The zero-order chi connectivity index (χ0) is 19.3. The van der Waals surface area contributed by atoms with Crippen LogP contribution in [0.25, 0.3) is 0 Å². The lowest BCUT2D eigenvalue weighted by Gasteiger charge is -2.24. The molecular formula is C20H25FN2O3. The predicted octanol–water partition coefficient (Wildman–Crippen LogP) is 2.91. The van der Waals surface area contributed by atoms with Gasteiger partial charge >= 0.3 is 0 Å². The molecule has 0 N–H and O–H groups in total. The molecule has 1 heterocycles. The van der Waals surface area contributed by atoms with Crippen molar-refractivity contribution in [2.24, 2.45) is 0 Å². The molecule has 140 valence electrons. The van der Waals surface area contributed by atoms with Crippen LogP contribution in [-0.2, 0) is 17.8 Å². The lowest BCUT2D eigenvalue weighted by atomic mass is 10.1. The van der Waals surface area contributed by atoms with Crippen molar-refractivity contribution in [1.29, 1.82) is 0 Å². The molecule has 0 aliphatic rings. The molecule has 0 atom stereocenters. The second-order valence-electron chi connectivity index (χ2n) is 6.20. The smallest absolute Gasteiger partial charge is 0.263 e. The van der Waals surface area contributed by atoms with Gasteiger partial charge in [-0.05, 0) is 38.5 Å². The zero-order valence-electron chi connectivity index (χ0n) is 15.7. The highest BCUT2D eigenvalue weighted by molar-refractivity contribution is 5.95. The van der Waals surface area contributed by atoms with Gasteiger partial charge in [-0.2, -0.15) is 0 Å². The van der Waals surface area contributed by atoms with Crippen LogP contribution in [0, 0.1) is 19.7 Å². The second kappa shape index (κ2) is 8.76. The van der Waals surface area contributed by atoms with E-state index in [1.54, 1.807) is 29.7 Å². The molecular weight excluding hydrogens is 335 g/mol. The topological polar surface area (TPSA) is 51.5 Å². The van der Waals surface area contributed by atoms with Crippen LogP contribution in [0.15, 0.2) is 35.1 Å². The molecule has 2 rings (SSSR count). The number of methoxy groups -OCH3 is 1. The Balaban J connectivity index is 2.44. The largest absolute Gasteiger partial charge is 0.383 e. The first-order valence-electron chi connectivity index (χ1n) is 8.63. The summed E-state index contributed by atoms with van der Waals surface area (Å²) in [6.45, 7) is 6.58. The van der Waals surface area contributed by atoms with E-state index in [9.17, 15) is 14.0 Å². The van der Waals surface area contributed by atoms with Crippen molar-refractivity contribution in [3.8, 4) is 0 Å². The Labute approximate surface area is 153 Å². The van der Waals surface area contributed by atoms with Gasteiger partial charge in [0.1, 0.15) is 11.4 Å². The van der Waals surface area contributed by atoms with Gasteiger partial charge in [0.25, 0.3) is 11.5 Å². The lowest BCUT2D eigenvalue weighted by Crippen LogP contribution is -2.39. The molecule has 0 spiro atoms. The first-order chi connectivity index (χ1) is 12.4. The van der Waals surface area contributed by atoms with E-state index in [0.29, 0.717) is 24.3 Å². The molecule has 0 saturated carbocycles. The third kappa shape index (κ3) is 4.19. The molecule has 5 nitrogen and oxygen atoms in total. The SMILES string of the molecule is CCn1c(C)cc(C)c(C(=O)N(CCOC)Cc2ccccc2F)c1=O. The molecule has 2 aromatic rings. The maximum absolute atomic E-state index is 14.0. The average Bonchev–Trinajstić information content (AvgIpc) is 2.60. The fourth-order valence-corrected chi connectivity index (χ4v) is 3.02. The van der Waals surface area contributed by atoms with Gasteiger partial charge in [0.15, 0.2) is 0 Å². The number of halogens is 1. The molecule has 0 aliphatic heterocycles. The number of hydrogen-bond acceptors (Lipinski definition) is 3. The molecule has 0 fully saturated rings. The monoisotopic (exact) mass is 360 g/mol.